The summed E-state index contributed by atoms with van der Waals surface area (Å²) in [7, 11) is 0. The molecule has 0 bridgehead atoms. The van der Waals surface area contributed by atoms with E-state index in [9.17, 15) is 4.79 Å². The van der Waals surface area contributed by atoms with E-state index in [2.05, 4.69) is 15.9 Å². The molecule has 19 heavy (non-hydrogen) atoms. The Hall–Kier alpha value is -1.75. The Labute approximate surface area is 119 Å². The van der Waals surface area contributed by atoms with Gasteiger partial charge in [0.1, 0.15) is 30.3 Å². The quantitative estimate of drug-likeness (QED) is 0.623. The number of rotatable bonds is 5. The average molecular weight is 325 g/mol. The number of benzene rings is 1. The fraction of sp³-hybridized carbons (Fsp3) is 0.214. The first-order valence-corrected chi connectivity index (χ1v) is 6.55. The van der Waals surface area contributed by atoms with Gasteiger partial charge >= 0.3 is 5.97 Å². The van der Waals surface area contributed by atoms with Crippen LogP contribution in [0.4, 0.5) is 0 Å². The summed E-state index contributed by atoms with van der Waals surface area (Å²) in [5.41, 5.74) is 0.448. The number of aryl methyl sites for hydroxylation is 1. The van der Waals surface area contributed by atoms with E-state index in [0.717, 1.165) is 10.2 Å². The van der Waals surface area contributed by atoms with Gasteiger partial charge in [-0.2, -0.15) is 0 Å². The molecule has 100 valence electrons. The van der Waals surface area contributed by atoms with Crippen molar-refractivity contribution in [3.05, 3.63) is 52.4 Å². The molecule has 1 aromatic heterocycles. The van der Waals surface area contributed by atoms with E-state index in [1.807, 2.05) is 24.3 Å². The lowest BCUT2D eigenvalue weighted by atomic mass is 10.3. The van der Waals surface area contributed by atoms with Crippen LogP contribution < -0.4 is 4.74 Å². The molecule has 2 aromatic rings. The topological polar surface area (TPSA) is 48.7 Å². The second-order valence-corrected chi connectivity index (χ2v) is 4.74. The molecular formula is C14H13BrO4. The van der Waals surface area contributed by atoms with Crippen molar-refractivity contribution < 1.29 is 18.7 Å². The zero-order chi connectivity index (χ0) is 13.7. The van der Waals surface area contributed by atoms with Crippen LogP contribution in [0.5, 0.6) is 5.75 Å². The Morgan fingerprint density at radius 1 is 1.21 bits per heavy atom. The fourth-order valence-corrected chi connectivity index (χ4v) is 1.76. The van der Waals surface area contributed by atoms with Gasteiger partial charge in [0, 0.05) is 4.47 Å². The van der Waals surface area contributed by atoms with Crippen molar-refractivity contribution >= 4 is 21.9 Å². The van der Waals surface area contributed by atoms with Gasteiger partial charge in [-0.3, -0.25) is 0 Å². The van der Waals surface area contributed by atoms with Gasteiger partial charge in [0.2, 0.25) is 0 Å². The molecule has 5 heteroatoms. The minimum absolute atomic E-state index is 0.194. The second-order valence-electron chi connectivity index (χ2n) is 3.83. The Morgan fingerprint density at radius 2 is 1.95 bits per heavy atom. The van der Waals surface area contributed by atoms with Crippen LogP contribution in [0.2, 0.25) is 0 Å². The highest BCUT2D eigenvalue weighted by molar-refractivity contribution is 9.10. The van der Waals surface area contributed by atoms with Crippen molar-refractivity contribution in [1.82, 2.24) is 0 Å². The molecule has 0 fully saturated rings. The number of esters is 1. The van der Waals surface area contributed by atoms with Crippen molar-refractivity contribution in [3.8, 4) is 5.75 Å². The van der Waals surface area contributed by atoms with Crippen LogP contribution in [0.25, 0.3) is 0 Å². The largest absolute Gasteiger partial charge is 0.490 e. The molecule has 2 rings (SSSR count). The van der Waals surface area contributed by atoms with Crippen LogP contribution in [0.3, 0.4) is 0 Å². The Bertz CT molecular complexity index is 545. The van der Waals surface area contributed by atoms with Crippen molar-refractivity contribution in [3.63, 3.8) is 0 Å². The summed E-state index contributed by atoms with van der Waals surface area (Å²) in [6.07, 6.45) is 1.46. The molecule has 0 N–H and O–H groups in total. The Morgan fingerprint density at radius 3 is 2.58 bits per heavy atom. The Kier molecular flexibility index (Phi) is 4.63. The van der Waals surface area contributed by atoms with Crippen LogP contribution in [0.15, 0.2) is 45.5 Å². The van der Waals surface area contributed by atoms with Gasteiger partial charge in [0.15, 0.2) is 0 Å². The molecule has 0 aliphatic heterocycles. The van der Waals surface area contributed by atoms with E-state index in [0.29, 0.717) is 17.9 Å². The molecule has 1 heterocycles. The van der Waals surface area contributed by atoms with E-state index in [1.165, 1.54) is 6.26 Å². The Balaban J connectivity index is 1.74. The zero-order valence-electron chi connectivity index (χ0n) is 10.4. The lowest BCUT2D eigenvalue weighted by Gasteiger charge is -2.07. The highest BCUT2D eigenvalue weighted by atomic mass is 79.9. The van der Waals surface area contributed by atoms with Crippen molar-refractivity contribution in [2.24, 2.45) is 0 Å². The summed E-state index contributed by atoms with van der Waals surface area (Å²) in [4.78, 5) is 11.6. The molecular weight excluding hydrogens is 312 g/mol. The first-order chi connectivity index (χ1) is 9.16. The molecule has 0 saturated carbocycles. The van der Waals surface area contributed by atoms with Gasteiger partial charge in [-0.05, 0) is 37.3 Å². The summed E-state index contributed by atoms with van der Waals surface area (Å²) in [5, 5.41) is 0. The van der Waals surface area contributed by atoms with Crippen molar-refractivity contribution in [2.75, 3.05) is 13.2 Å². The number of ether oxygens (including phenoxy) is 2. The lowest BCUT2D eigenvalue weighted by Crippen LogP contribution is -2.12. The van der Waals surface area contributed by atoms with Crippen LogP contribution in [0.1, 0.15) is 16.1 Å². The third kappa shape index (κ3) is 3.86. The first kappa shape index (κ1) is 13.7. The van der Waals surface area contributed by atoms with E-state index in [1.54, 1.807) is 13.0 Å². The minimum Gasteiger partial charge on any atom is -0.490 e. The van der Waals surface area contributed by atoms with Crippen LogP contribution >= 0.6 is 15.9 Å². The number of hydrogen-bond acceptors (Lipinski definition) is 4. The number of hydrogen-bond donors (Lipinski definition) is 0. The van der Waals surface area contributed by atoms with Crippen molar-refractivity contribution in [1.29, 1.82) is 0 Å². The van der Waals surface area contributed by atoms with E-state index in [-0.39, 0.29) is 6.61 Å². The normalized spacial score (nSPS) is 10.2. The third-order valence-corrected chi connectivity index (χ3v) is 3.01. The molecule has 0 unspecified atom stereocenters. The molecule has 0 radical (unpaired) electrons. The van der Waals surface area contributed by atoms with E-state index >= 15 is 0 Å². The summed E-state index contributed by atoms with van der Waals surface area (Å²) >= 11 is 3.34. The highest BCUT2D eigenvalue weighted by Crippen LogP contribution is 2.16. The molecule has 0 atom stereocenters. The molecule has 0 aliphatic rings. The zero-order valence-corrected chi connectivity index (χ0v) is 12.0. The van der Waals surface area contributed by atoms with Gasteiger partial charge in [-0.15, -0.1) is 0 Å². The molecule has 0 spiro atoms. The smallest absolute Gasteiger partial charge is 0.341 e. The average Bonchev–Trinajstić information content (AvgIpc) is 2.83. The number of carbonyl (C=O) groups is 1. The molecule has 0 amide bonds. The summed E-state index contributed by atoms with van der Waals surface area (Å²) in [6.45, 7) is 2.22. The summed E-state index contributed by atoms with van der Waals surface area (Å²) in [6, 6.07) is 9.04. The number of furan rings is 1. The molecule has 1 aromatic carbocycles. The second kappa shape index (κ2) is 6.43. The van der Waals surface area contributed by atoms with Gasteiger partial charge in [0.05, 0.1) is 6.26 Å². The molecule has 0 saturated heterocycles. The number of halogens is 1. The predicted octanol–water partition coefficient (Wildman–Crippen LogP) is 3.59. The van der Waals surface area contributed by atoms with Gasteiger partial charge in [-0.1, -0.05) is 15.9 Å². The maximum absolute atomic E-state index is 11.6. The fourth-order valence-electron chi connectivity index (χ4n) is 1.50. The van der Waals surface area contributed by atoms with E-state index < -0.39 is 5.97 Å². The van der Waals surface area contributed by atoms with Crippen LogP contribution in [-0.2, 0) is 4.74 Å². The van der Waals surface area contributed by atoms with Gasteiger partial charge in [0.25, 0.3) is 0 Å². The SMILES string of the molecule is Cc1occc1C(=O)OCCOc1ccc(Br)cc1. The molecule has 4 nitrogen and oxygen atoms in total. The monoisotopic (exact) mass is 324 g/mol. The van der Waals surface area contributed by atoms with Crippen LogP contribution in [-0.4, -0.2) is 19.2 Å². The highest BCUT2D eigenvalue weighted by Gasteiger charge is 2.12. The first-order valence-electron chi connectivity index (χ1n) is 5.76. The number of carbonyl (C=O) groups excluding carboxylic acids is 1. The minimum atomic E-state index is -0.398. The summed E-state index contributed by atoms with van der Waals surface area (Å²) in [5.74, 6) is 0.892. The maximum atomic E-state index is 11.6. The van der Waals surface area contributed by atoms with Gasteiger partial charge < -0.3 is 13.9 Å². The molecule has 0 aliphatic carbocycles. The standard InChI is InChI=1S/C14H13BrO4/c1-10-13(6-7-17-10)14(16)19-9-8-18-12-4-2-11(15)3-5-12/h2-7H,8-9H2,1H3. The predicted molar refractivity (Wildman–Crippen MR) is 73.4 cm³/mol. The lowest BCUT2D eigenvalue weighted by molar-refractivity contribution is 0.0448. The third-order valence-electron chi connectivity index (χ3n) is 2.48. The van der Waals surface area contributed by atoms with E-state index in [4.69, 9.17) is 13.9 Å². The maximum Gasteiger partial charge on any atom is 0.341 e. The van der Waals surface area contributed by atoms with Gasteiger partial charge in [-0.25, -0.2) is 4.79 Å². The van der Waals surface area contributed by atoms with Crippen molar-refractivity contribution in [2.45, 2.75) is 6.92 Å². The van der Waals surface area contributed by atoms with Crippen LogP contribution in [0, 0.1) is 6.92 Å². The summed E-state index contributed by atoms with van der Waals surface area (Å²) < 4.78 is 16.5.